The smallest absolute Gasteiger partial charge is 0.229 e. The predicted molar refractivity (Wildman–Crippen MR) is 88.6 cm³/mol. The van der Waals surface area contributed by atoms with Gasteiger partial charge in [-0.1, -0.05) is 12.8 Å². The molecule has 5 nitrogen and oxygen atoms in total. The zero-order valence-corrected chi connectivity index (χ0v) is 13.3. The Hall–Kier alpha value is -1.88. The van der Waals surface area contributed by atoms with Crippen molar-refractivity contribution in [1.82, 2.24) is 9.78 Å². The number of nitrogens with two attached hydrogens (primary N) is 1. The highest BCUT2D eigenvalue weighted by Gasteiger charge is 2.37. The number of benzene rings is 1. The fourth-order valence-electron chi connectivity index (χ4n) is 3.42. The molecule has 1 amide bonds. The molecule has 1 aromatic carbocycles. The van der Waals surface area contributed by atoms with Crippen molar-refractivity contribution in [2.45, 2.75) is 51.6 Å². The first-order chi connectivity index (χ1) is 10.5. The van der Waals surface area contributed by atoms with Crippen LogP contribution in [-0.2, 0) is 11.3 Å². The number of rotatable bonds is 3. The third-order valence-electron chi connectivity index (χ3n) is 4.78. The van der Waals surface area contributed by atoms with Gasteiger partial charge in [-0.05, 0) is 44.9 Å². The maximum atomic E-state index is 12.6. The van der Waals surface area contributed by atoms with E-state index in [1.807, 2.05) is 36.0 Å². The molecule has 1 heterocycles. The van der Waals surface area contributed by atoms with E-state index in [-0.39, 0.29) is 11.8 Å². The number of carbonyl (C=O) groups is 1. The fourth-order valence-corrected chi connectivity index (χ4v) is 3.42. The number of aromatic nitrogens is 2. The van der Waals surface area contributed by atoms with Crippen molar-refractivity contribution >= 4 is 22.5 Å². The SMILES string of the molecule is CCn1ncc2ccc(NC(=O)C3CCCCC3(C)N)cc21. The number of anilines is 1. The maximum Gasteiger partial charge on any atom is 0.229 e. The lowest BCUT2D eigenvalue weighted by molar-refractivity contribution is -0.122. The number of carbonyl (C=O) groups excluding carboxylic acids is 1. The number of hydrogen-bond donors (Lipinski definition) is 2. The average molecular weight is 300 g/mol. The standard InChI is InChI=1S/C17H24N4O/c1-3-21-15-10-13(8-7-12(15)11-19-21)20-16(22)14-6-4-5-9-17(14,2)18/h7-8,10-11,14H,3-6,9,18H2,1-2H3,(H,20,22). The molecule has 22 heavy (non-hydrogen) atoms. The Balaban J connectivity index is 1.81. The van der Waals surface area contributed by atoms with Gasteiger partial charge in [-0.3, -0.25) is 9.48 Å². The van der Waals surface area contributed by atoms with Gasteiger partial charge >= 0.3 is 0 Å². The lowest BCUT2D eigenvalue weighted by Crippen LogP contribution is -2.51. The fraction of sp³-hybridized carbons (Fsp3) is 0.529. The van der Waals surface area contributed by atoms with Crippen LogP contribution in [0.4, 0.5) is 5.69 Å². The van der Waals surface area contributed by atoms with Crippen molar-refractivity contribution in [2.24, 2.45) is 11.7 Å². The summed E-state index contributed by atoms with van der Waals surface area (Å²) in [6.45, 7) is 4.86. The Morgan fingerprint density at radius 3 is 3.05 bits per heavy atom. The largest absolute Gasteiger partial charge is 0.326 e. The van der Waals surface area contributed by atoms with Gasteiger partial charge in [0.25, 0.3) is 0 Å². The molecule has 118 valence electrons. The van der Waals surface area contributed by atoms with Crippen LogP contribution in [0.3, 0.4) is 0 Å². The maximum absolute atomic E-state index is 12.6. The van der Waals surface area contributed by atoms with Crippen LogP contribution in [0.15, 0.2) is 24.4 Å². The Bertz CT molecular complexity index is 689. The van der Waals surface area contributed by atoms with Gasteiger partial charge in [0.15, 0.2) is 0 Å². The second-order valence-corrected chi connectivity index (χ2v) is 6.53. The Morgan fingerprint density at radius 2 is 2.32 bits per heavy atom. The molecule has 1 aliphatic rings. The van der Waals surface area contributed by atoms with Crippen LogP contribution in [0.25, 0.3) is 10.9 Å². The van der Waals surface area contributed by atoms with Crippen LogP contribution in [-0.4, -0.2) is 21.2 Å². The summed E-state index contributed by atoms with van der Waals surface area (Å²) in [5, 5.41) is 8.46. The van der Waals surface area contributed by atoms with Gasteiger partial charge in [0, 0.05) is 23.2 Å². The van der Waals surface area contributed by atoms with Gasteiger partial charge in [-0.15, -0.1) is 0 Å². The lowest BCUT2D eigenvalue weighted by atomic mass is 9.74. The van der Waals surface area contributed by atoms with Crippen LogP contribution in [0, 0.1) is 5.92 Å². The van der Waals surface area contributed by atoms with E-state index in [4.69, 9.17) is 5.73 Å². The topological polar surface area (TPSA) is 72.9 Å². The van der Waals surface area contributed by atoms with Crippen molar-refractivity contribution in [3.8, 4) is 0 Å². The molecule has 0 aliphatic heterocycles. The number of nitrogens with one attached hydrogen (secondary N) is 1. The van der Waals surface area contributed by atoms with Gasteiger partial charge < -0.3 is 11.1 Å². The molecule has 1 aromatic heterocycles. The molecular weight excluding hydrogens is 276 g/mol. The first-order valence-corrected chi connectivity index (χ1v) is 8.06. The Kier molecular flexibility index (Phi) is 3.91. The summed E-state index contributed by atoms with van der Waals surface area (Å²) in [5.74, 6) is -0.0837. The van der Waals surface area contributed by atoms with Gasteiger partial charge in [-0.25, -0.2) is 0 Å². The first kappa shape index (κ1) is 15.0. The van der Waals surface area contributed by atoms with Crippen LogP contribution >= 0.6 is 0 Å². The van der Waals surface area contributed by atoms with E-state index in [2.05, 4.69) is 17.3 Å². The summed E-state index contributed by atoms with van der Waals surface area (Å²) < 4.78 is 1.93. The second-order valence-electron chi connectivity index (χ2n) is 6.53. The lowest BCUT2D eigenvalue weighted by Gasteiger charge is -2.37. The molecule has 1 aliphatic carbocycles. The van der Waals surface area contributed by atoms with Crippen LogP contribution in [0.2, 0.25) is 0 Å². The van der Waals surface area contributed by atoms with E-state index in [9.17, 15) is 4.79 Å². The van der Waals surface area contributed by atoms with Crippen LogP contribution in [0.5, 0.6) is 0 Å². The number of nitrogens with zero attached hydrogens (tertiary/aromatic N) is 2. The quantitative estimate of drug-likeness (QED) is 0.915. The van der Waals surface area contributed by atoms with Gasteiger partial charge in [0.2, 0.25) is 5.91 Å². The molecule has 0 saturated heterocycles. The Labute approximate surface area is 130 Å². The summed E-state index contributed by atoms with van der Waals surface area (Å²) in [5.41, 5.74) is 7.77. The molecule has 0 radical (unpaired) electrons. The van der Waals surface area contributed by atoms with Crippen molar-refractivity contribution in [2.75, 3.05) is 5.32 Å². The molecule has 2 unspecified atom stereocenters. The van der Waals surface area contributed by atoms with E-state index in [1.165, 1.54) is 0 Å². The third kappa shape index (κ3) is 2.73. The average Bonchev–Trinajstić information content (AvgIpc) is 2.89. The van der Waals surface area contributed by atoms with Crippen LogP contribution in [0.1, 0.15) is 39.5 Å². The highest BCUT2D eigenvalue weighted by Crippen LogP contribution is 2.32. The summed E-state index contributed by atoms with van der Waals surface area (Å²) >= 11 is 0. The third-order valence-corrected chi connectivity index (χ3v) is 4.78. The summed E-state index contributed by atoms with van der Waals surface area (Å²) in [6.07, 6.45) is 5.81. The molecular formula is C17H24N4O. The predicted octanol–water partition coefficient (Wildman–Crippen LogP) is 2.90. The van der Waals surface area contributed by atoms with Gasteiger partial charge in [0.05, 0.1) is 17.6 Å². The minimum atomic E-state index is -0.405. The zero-order chi connectivity index (χ0) is 15.7. The highest BCUT2D eigenvalue weighted by molar-refractivity contribution is 5.95. The summed E-state index contributed by atoms with van der Waals surface area (Å²) in [7, 11) is 0. The van der Waals surface area contributed by atoms with Crippen molar-refractivity contribution in [1.29, 1.82) is 0 Å². The molecule has 2 atom stereocenters. The molecule has 1 saturated carbocycles. The van der Waals surface area contributed by atoms with Gasteiger partial charge in [0.1, 0.15) is 0 Å². The molecule has 5 heteroatoms. The normalized spacial score (nSPS) is 25.3. The van der Waals surface area contributed by atoms with Crippen LogP contribution < -0.4 is 11.1 Å². The van der Waals surface area contributed by atoms with Crippen molar-refractivity contribution < 1.29 is 4.79 Å². The molecule has 0 bridgehead atoms. The van der Waals surface area contributed by atoms with Crippen molar-refractivity contribution in [3.05, 3.63) is 24.4 Å². The van der Waals surface area contributed by atoms with Crippen molar-refractivity contribution in [3.63, 3.8) is 0 Å². The first-order valence-electron chi connectivity index (χ1n) is 8.06. The summed E-state index contributed by atoms with van der Waals surface area (Å²) in [4.78, 5) is 12.6. The van der Waals surface area contributed by atoms with E-state index in [0.717, 1.165) is 48.8 Å². The molecule has 0 spiro atoms. The second kappa shape index (κ2) is 5.72. The van der Waals surface area contributed by atoms with Gasteiger partial charge in [-0.2, -0.15) is 5.10 Å². The molecule has 3 rings (SSSR count). The number of amides is 1. The minimum Gasteiger partial charge on any atom is -0.326 e. The number of fused-ring (bicyclic) bond motifs is 1. The molecule has 3 N–H and O–H groups in total. The monoisotopic (exact) mass is 300 g/mol. The van der Waals surface area contributed by atoms with E-state index < -0.39 is 5.54 Å². The zero-order valence-electron chi connectivity index (χ0n) is 13.3. The van der Waals surface area contributed by atoms with E-state index >= 15 is 0 Å². The highest BCUT2D eigenvalue weighted by atomic mass is 16.1. The number of aryl methyl sites for hydroxylation is 1. The van der Waals surface area contributed by atoms with E-state index in [1.54, 1.807) is 0 Å². The van der Waals surface area contributed by atoms with E-state index in [0.29, 0.717) is 0 Å². The summed E-state index contributed by atoms with van der Waals surface area (Å²) in [6, 6.07) is 5.91. The minimum absolute atomic E-state index is 0.0339. The molecule has 2 aromatic rings. The Morgan fingerprint density at radius 1 is 1.50 bits per heavy atom. The number of hydrogen-bond acceptors (Lipinski definition) is 3. The molecule has 1 fully saturated rings.